The summed E-state index contributed by atoms with van der Waals surface area (Å²) in [6.07, 6.45) is 0. The van der Waals surface area contributed by atoms with Crippen LogP contribution in [0, 0.1) is 18.6 Å². The molecule has 0 heterocycles. The molecule has 2 aromatic carbocycles. The van der Waals surface area contributed by atoms with Crippen LogP contribution in [0.1, 0.15) is 29.8 Å². The lowest BCUT2D eigenvalue weighted by molar-refractivity contribution is 0.102. The maximum absolute atomic E-state index is 13.4. The first-order valence-corrected chi connectivity index (χ1v) is 6.39. The first-order valence-electron chi connectivity index (χ1n) is 6.39. The van der Waals surface area contributed by atoms with Gasteiger partial charge in [0.2, 0.25) is 0 Å². The summed E-state index contributed by atoms with van der Waals surface area (Å²) in [4.78, 5) is 11.8. The van der Waals surface area contributed by atoms with E-state index in [1.807, 2.05) is 32.9 Å². The molecular formula is C16H17F2NO. The highest BCUT2D eigenvalue weighted by molar-refractivity contribution is 6.04. The molecule has 0 radical (unpaired) electrons. The zero-order valence-corrected chi connectivity index (χ0v) is 11.7. The number of carbonyl (C=O) groups is 1. The molecule has 20 heavy (non-hydrogen) atoms. The van der Waals surface area contributed by atoms with E-state index in [9.17, 15) is 13.6 Å². The molecule has 0 aliphatic carbocycles. The molecule has 0 spiro atoms. The Bertz CT molecular complexity index is 580. The maximum atomic E-state index is 13.4. The molecule has 4 heteroatoms. The molecule has 1 N–H and O–H groups in total. The van der Waals surface area contributed by atoms with E-state index in [-0.39, 0.29) is 5.56 Å². The second-order valence-electron chi connectivity index (χ2n) is 3.94. The van der Waals surface area contributed by atoms with Crippen LogP contribution >= 0.6 is 0 Å². The van der Waals surface area contributed by atoms with Gasteiger partial charge in [0.1, 0.15) is 11.6 Å². The lowest BCUT2D eigenvalue weighted by Crippen LogP contribution is -2.13. The highest BCUT2D eigenvalue weighted by Crippen LogP contribution is 2.14. The average Bonchev–Trinajstić information content (AvgIpc) is 2.43. The molecule has 0 atom stereocenters. The SMILES string of the molecule is CC.Cc1ccc(NC(=O)c2ccc(F)cc2F)cc1. The maximum Gasteiger partial charge on any atom is 0.258 e. The van der Waals surface area contributed by atoms with Crippen LogP contribution in [-0.4, -0.2) is 5.91 Å². The molecule has 2 aromatic rings. The van der Waals surface area contributed by atoms with Gasteiger partial charge in [-0.25, -0.2) is 8.78 Å². The van der Waals surface area contributed by atoms with Crippen molar-refractivity contribution in [1.29, 1.82) is 0 Å². The van der Waals surface area contributed by atoms with Crippen molar-refractivity contribution in [2.45, 2.75) is 20.8 Å². The Morgan fingerprint density at radius 2 is 1.60 bits per heavy atom. The van der Waals surface area contributed by atoms with E-state index in [0.717, 1.165) is 17.7 Å². The quantitative estimate of drug-likeness (QED) is 0.857. The number of benzene rings is 2. The van der Waals surface area contributed by atoms with E-state index in [0.29, 0.717) is 11.8 Å². The van der Waals surface area contributed by atoms with Gasteiger partial charge in [-0.3, -0.25) is 4.79 Å². The molecule has 2 nitrogen and oxygen atoms in total. The van der Waals surface area contributed by atoms with Crippen LogP contribution < -0.4 is 5.32 Å². The third-order valence-electron chi connectivity index (χ3n) is 2.49. The summed E-state index contributed by atoms with van der Waals surface area (Å²) in [6.45, 7) is 5.92. The number of anilines is 1. The van der Waals surface area contributed by atoms with Gasteiger partial charge >= 0.3 is 0 Å². The Hall–Kier alpha value is -2.23. The zero-order valence-electron chi connectivity index (χ0n) is 11.7. The average molecular weight is 277 g/mol. The number of hydrogen-bond acceptors (Lipinski definition) is 1. The van der Waals surface area contributed by atoms with Gasteiger partial charge in [0.15, 0.2) is 0 Å². The molecule has 2 rings (SSSR count). The smallest absolute Gasteiger partial charge is 0.258 e. The number of nitrogens with one attached hydrogen (secondary N) is 1. The Morgan fingerprint density at radius 1 is 1.00 bits per heavy atom. The molecule has 0 saturated heterocycles. The lowest BCUT2D eigenvalue weighted by Gasteiger charge is -2.06. The zero-order chi connectivity index (χ0) is 15.1. The fourth-order valence-electron chi connectivity index (χ4n) is 1.51. The van der Waals surface area contributed by atoms with Crippen molar-refractivity contribution >= 4 is 11.6 Å². The third-order valence-corrected chi connectivity index (χ3v) is 2.49. The predicted molar refractivity (Wildman–Crippen MR) is 76.8 cm³/mol. The summed E-state index contributed by atoms with van der Waals surface area (Å²) in [5, 5.41) is 2.54. The number of halogens is 2. The van der Waals surface area contributed by atoms with E-state index in [1.54, 1.807) is 12.1 Å². The molecule has 0 aliphatic heterocycles. The Kier molecular flexibility index (Phi) is 5.84. The summed E-state index contributed by atoms with van der Waals surface area (Å²) in [5.41, 5.74) is 1.44. The summed E-state index contributed by atoms with van der Waals surface area (Å²) < 4.78 is 26.1. The van der Waals surface area contributed by atoms with Crippen LogP contribution in [0.2, 0.25) is 0 Å². The lowest BCUT2D eigenvalue weighted by atomic mass is 10.2. The number of carbonyl (C=O) groups excluding carboxylic acids is 1. The van der Waals surface area contributed by atoms with Crippen molar-refractivity contribution in [1.82, 2.24) is 0 Å². The molecular weight excluding hydrogens is 260 g/mol. The minimum Gasteiger partial charge on any atom is -0.322 e. The first-order chi connectivity index (χ1) is 9.56. The van der Waals surface area contributed by atoms with Crippen molar-refractivity contribution in [3.63, 3.8) is 0 Å². The number of amides is 1. The van der Waals surface area contributed by atoms with E-state index < -0.39 is 17.5 Å². The summed E-state index contributed by atoms with van der Waals surface area (Å²) >= 11 is 0. The van der Waals surface area contributed by atoms with Crippen molar-refractivity contribution in [3.8, 4) is 0 Å². The molecule has 0 bridgehead atoms. The van der Waals surface area contributed by atoms with E-state index >= 15 is 0 Å². The highest BCUT2D eigenvalue weighted by atomic mass is 19.1. The van der Waals surface area contributed by atoms with E-state index in [2.05, 4.69) is 5.32 Å². The topological polar surface area (TPSA) is 29.1 Å². The Labute approximate surface area is 117 Å². The Balaban J connectivity index is 0.000000956. The van der Waals surface area contributed by atoms with Crippen LogP contribution in [-0.2, 0) is 0 Å². The summed E-state index contributed by atoms with van der Waals surface area (Å²) in [6, 6.07) is 9.95. The molecule has 0 saturated carbocycles. The van der Waals surface area contributed by atoms with Gasteiger partial charge in [-0.15, -0.1) is 0 Å². The third kappa shape index (κ3) is 4.16. The minimum atomic E-state index is -0.875. The molecule has 1 amide bonds. The van der Waals surface area contributed by atoms with Crippen LogP contribution in [0.5, 0.6) is 0 Å². The minimum absolute atomic E-state index is 0.183. The fraction of sp³-hybridized carbons (Fsp3) is 0.188. The van der Waals surface area contributed by atoms with Crippen LogP contribution in [0.15, 0.2) is 42.5 Å². The fourth-order valence-corrected chi connectivity index (χ4v) is 1.51. The standard InChI is InChI=1S/C14H11F2NO.C2H6/c1-9-2-5-11(6-3-9)17-14(18)12-7-4-10(15)8-13(12)16;1-2/h2-8H,1H3,(H,17,18);1-2H3. The normalized spacial score (nSPS) is 9.45. The van der Waals surface area contributed by atoms with Crippen molar-refractivity contribution in [2.24, 2.45) is 0 Å². The van der Waals surface area contributed by atoms with Gasteiger partial charge in [0, 0.05) is 11.8 Å². The molecule has 106 valence electrons. The number of hydrogen-bond donors (Lipinski definition) is 1. The second kappa shape index (κ2) is 7.38. The first kappa shape index (κ1) is 15.8. The van der Waals surface area contributed by atoms with Crippen molar-refractivity contribution in [2.75, 3.05) is 5.32 Å². The van der Waals surface area contributed by atoms with E-state index in [4.69, 9.17) is 0 Å². The highest BCUT2D eigenvalue weighted by Gasteiger charge is 2.12. The van der Waals surface area contributed by atoms with Crippen LogP contribution in [0.3, 0.4) is 0 Å². The molecule has 0 fully saturated rings. The van der Waals surface area contributed by atoms with Crippen molar-refractivity contribution in [3.05, 3.63) is 65.2 Å². The van der Waals surface area contributed by atoms with Gasteiger partial charge in [0.05, 0.1) is 5.56 Å². The van der Waals surface area contributed by atoms with Gasteiger partial charge in [-0.05, 0) is 31.2 Å². The summed E-state index contributed by atoms with van der Waals surface area (Å²) in [5.74, 6) is -2.18. The van der Waals surface area contributed by atoms with Gasteiger partial charge in [-0.1, -0.05) is 31.5 Å². The van der Waals surface area contributed by atoms with Gasteiger partial charge in [0.25, 0.3) is 5.91 Å². The predicted octanol–water partition coefficient (Wildman–Crippen LogP) is 4.55. The molecule has 0 aliphatic rings. The number of rotatable bonds is 2. The molecule has 0 aromatic heterocycles. The van der Waals surface area contributed by atoms with Crippen LogP contribution in [0.25, 0.3) is 0 Å². The van der Waals surface area contributed by atoms with Crippen LogP contribution in [0.4, 0.5) is 14.5 Å². The monoisotopic (exact) mass is 277 g/mol. The summed E-state index contributed by atoms with van der Waals surface area (Å²) in [7, 11) is 0. The molecule has 0 unspecified atom stereocenters. The number of aryl methyl sites for hydroxylation is 1. The second-order valence-corrected chi connectivity index (χ2v) is 3.94. The van der Waals surface area contributed by atoms with Crippen molar-refractivity contribution < 1.29 is 13.6 Å². The van der Waals surface area contributed by atoms with Gasteiger partial charge in [-0.2, -0.15) is 0 Å². The Morgan fingerprint density at radius 3 is 2.15 bits per heavy atom. The van der Waals surface area contributed by atoms with E-state index in [1.165, 1.54) is 0 Å². The van der Waals surface area contributed by atoms with Gasteiger partial charge < -0.3 is 5.32 Å². The largest absolute Gasteiger partial charge is 0.322 e.